The molecular formula is C15H13ClF3N3O2. The first-order valence-corrected chi connectivity index (χ1v) is 7.21. The molecule has 1 aromatic carbocycles. The van der Waals surface area contributed by atoms with Crippen molar-refractivity contribution in [3.05, 3.63) is 47.1 Å². The van der Waals surface area contributed by atoms with E-state index in [2.05, 4.69) is 15.6 Å². The number of hydrogen-bond acceptors (Lipinski definition) is 4. The number of carbonyl (C=O) groups excluding carboxylic acids is 1. The first-order chi connectivity index (χ1) is 11.3. The van der Waals surface area contributed by atoms with Gasteiger partial charge in [0.15, 0.2) is 0 Å². The summed E-state index contributed by atoms with van der Waals surface area (Å²) in [6.45, 7) is 1.90. The summed E-state index contributed by atoms with van der Waals surface area (Å²) in [6.07, 6.45) is -3.76. The van der Waals surface area contributed by atoms with E-state index in [1.807, 2.05) is 0 Å². The maximum Gasteiger partial charge on any atom is 0.416 e. The van der Waals surface area contributed by atoms with Crippen LogP contribution in [0.3, 0.4) is 0 Å². The molecule has 24 heavy (non-hydrogen) atoms. The SMILES string of the molecule is CCOC(=O)Nc1ccc(Nc2cc(C(F)(F)F)ccc2Cl)nc1. The average molecular weight is 360 g/mol. The lowest BCUT2D eigenvalue weighted by Crippen LogP contribution is -2.13. The third-order valence-corrected chi connectivity index (χ3v) is 3.17. The molecule has 0 aliphatic heterocycles. The molecular weight excluding hydrogens is 347 g/mol. The predicted molar refractivity (Wildman–Crippen MR) is 84.6 cm³/mol. The van der Waals surface area contributed by atoms with Crippen LogP contribution in [0.5, 0.6) is 0 Å². The number of carbonyl (C=O) groups is 1. The van der Waals surface area contributed by atoms with Crippen LogP contribution in [0.25, 0.3) is 0 Å². The molecule has 2 N–H and O–H groups in total. The van der Waals surface area contributed by atoms with Gasteiger partial charge in [-0.15, -0.1) is 0 Å². The summed E-state index contributed by atoms with van der Waals surface area (Å²) in [5.41, 5.74) is -0.366. The highest BCUT2D eigenvalue weighted by Crippen LogP contribution is 2.34. The van der Waals surface area contributed by atoms with E-state index >= 15 is 0 Å². The quantitative estimate of drug-likeness (QED) is 0.800. The Morgan fingerprint density at radius 1 is 1.29 bits per heavy atom. The number of nitrogens with one attached hydrogen (secondary N) is 2. The molecule has 0 aliphatic carbocycles. The molecule has 2 aromatic rings. The monoisotopic (exact) mass is 359 g/mol. The van der Waals surface area contributed by atoms with Crippen LogP contribution in [0.15, 0.2) is 36.5 Å². The number of nitrogens with zero attached hydrogens (tertiary/aromatic N) is 1. The van der Waals surface area contributed by atoms with Crippen molar-refractivity contribution >= 4 is 34.9 Å². The van der Waals surface area contributed by atoms with Crippen molar-refractivity contribution in [3.8, 4) is 0 Å². The minimum Gasteiger partial charge on any atom is -0.450 e. The molecule has 0 saturated heterocycles. The van der Waals surface area contributed by atoms with Gasteiger partial charge in [0.05, 0.1) is 34.8 Å². The summed E-state index contributed by atoms with van der Waals surface area (Å²) in [5.74, 6) is 0.269. The van der Waals surface area contributed by atoms with E-state index in [4.69, 9.17) is 16.3 Å². The Kier molecular flexibility index (Phi) is 5.50. The highest BCUT2D eigenvalue weighted by atomic mass is 35.5. The summed E-state index contributed by atoms with van der Waals surface area (Å²) in [7, 11) is 0. The van der Waals surface area contributed by atoms with Crippen molar-refractivity contribution in [2.75, 3.05) is 17.2 Å². The third-order valence-electron chi connectivity index (χ3n) is 2.84. The van der Waals surface area contributed by atoms with Crippen LogP contribution in [0, 0.1) is 0 Å². The van der Waals surface area contributed by atoms with Crippen molar-refractivity contribution in [2.45, 2.75) is 13.1 Å². The lowest BCUT2D eigenvalue weighted by atomic mass is 10.2. The molecule has 0 bridgehead atoms. The van der Waals surface area contributed by atoms with Crippen molar-refractivity contribution in [2.24, 2.45) is 0 Å². The fourth-order valence-corrected chi connectivity index (χ4v) is 1.93. The summed E-state index contributed by atoms with van der Waals surface area (Å²) >= 11 is 5.90. The highest BCUT2D eigenvalue weighted by Gasteiger charge is 2.31. The molecule has 1 heterocycles. The number of anilines is 3. The van der Waals surface area contributed by atoms with Crippen molar-refractivity contribution in [1.82, 2.24) is 4.98 Å². The number of amides is 1. The Hall–Kier alpha value is -2.48. The van der Waals surface area contributed by atoms with Gasteiger partial charge in [-0.05, 0) is 37.3 Å². The van der Waals surface area contributed by atoms with Crippen LogP contribution in [0.4, 0.5) is 35.2 Å². The third kappa shape index (κ3) is 4.76. The maximum absolute atomic E-state index is 12.7. The lowest BCUT2D eigenvalue weighted by Gasteiger charge is -2.12. The van der Waals surface area contributed by atoms with Gasteiger partial charge < -0.3 is 10.1 Å². The van der Waals surface area contributed by atoms with Gasteiger partial charge in [0, 0.05) is 0 Å². The van der Waals surface area contributed by atoms with E-state index in [0.717, 1.165) is 18.2 Å². The second-order valence-corrected chi connectivity index (χ2v) is 5.00. The zero-order valence-corrected chi connectivity index (χ0v) is 13.2. The Labute approximate surface area is 140 Å². The zero-order chi connectivity index (χ0) is 17.7. The van der Waals surface area contributed by atoms with E-state index < -0.39 is 17.8 Å². The Balaban J connectivity index is 2.13. The Morgan fingerprint density at radius 3 is 2.62 bits per heavy atom. The maximum atomic E-state index is 12.7. The standard InChI is InChI=1S/C15H13ClF3N3O2/c1-2-24-14(23)21-10-4-6-13(20-8-10)22-12-7-9(15(17,18)19)3-5-11(12)16/h3-8H,2H2,1H3,(H,20,22)(H,21,23). The predicted octanol–water partition coefficient (Wildman–Crippen LogP) is 5.07. The molecule has 0 atom stereocenters. The van der Waals surface area contributed by atoms with Crippen LogP contribution >= 0.6 is 11.6 Å². The van der Waals surface area contributed by atoms with E-state index in [0.29, 0.717) is 5.69 Å². The number of pyridine rings is 1. The van der Waals surface area contributed by atoms with E-state index in [1.165, 1.54) is 18.3 Å². The molecule has 0 aliphatic rings. The summed E-state index contributed by atoms with van der Waals surface area (Å²) in [4.78, 5) is 15.3. The van der Waals surface area contributed by atoms with Crippen molar-refractivity contribution in [1.29, 1.82) is 0 Å². The number of halogens is 4. The molecule has 5 nitrogen and oxygen atoms in total. The first kappa shape index (κ1) is 17.9. The van der Waals surface area contributed by atoms with Gasteiger partial charge in [-0.25, -0.2) is 9.78 Å². The van der Waals surface area contributed by atoms with Gasteiger partial charge >= 0.3 is 12.3 Å². The molecule has 0 saturated carbocycles. The fraction of sp³-hybridized carbons (Fsp3) is 0.200. The number of benzene rings is 1. The van der Waals surface area contributed by atoms with Crippen LogP contribution < -0.4 is 10.6 Å². The summed E-state index contributed by atoms with van der Waals surface area (Å²) in [5, 5.41) is 5.28. The fourth-order valence-electron chi connectivity index (χ4n) is 1.76. The van der Waals surface area contributed by atoms with Gasteiger partial charge in [0.25, 0.3) is 0 Å². The average Bonchev–Trinajstić information content (AvgIpc) is 2.50. The number of ether oxygens (including phenoxy) is 1. The van der Waals surface area contributed by atoms with Gasteiger partial charge in [-0.2, -0.15) is 13.2 Å². The second kappa shape index (κ2) is 7.39. The molecule has 128 valence electrons. The Bertz CT molecular complexity index is 721. The molecule has 0 unspecified atom stereocenters. The minimum absolute atomic E-state index is 0.0742. The zero-order valence-electron chi connectivity index (χ0n) is 12.4. The molecule has 1 aromatic heterocycles. The number of aromatic nitrogens is 1. The second-order valence-electron chi connectivity index (χ2n) is 4.59. The van der Waals surface area contributed by atoms with Gasteiger partial charge in [-0.3, -0.25) is 5.32 Å². The van der Waals surface area contributed by atoms with Crippen LogP contribution in [0.1, 0.15) is 12.5 Å². The number of rotatable bonds is 4. The van der Waals surface area contributed by atoms with Gasteiger partial charge in [-0.1, -0.05) is 11.6 Å². The molecule has 0 fully saturated rings. The van der Waals surface area contributed by atoms with Gasteiger partial charge in [0.2, 0.25) is 0 Å². The summed E-state index contributed by atoms with van der Waals surface area (Å²) < 4.78 is 42.9. The van der Waals surface area contributed by atoms with Crippen LogP contribution in [0.2, 0.25) is 5.02 Å². The largest absolute Gasteiger partial charge is 0.450 e. The van der Waals surface area contributed by atoms with Crippen LogP contribution in [-0.2, 0) is 10.9 Å². The van der Waals surface area contributed by atoms with Crippen molar-refractivity contribution in [3.63, 3.8) is 0 Å². The van der Waals surface area contributed by atoms with E-state index in [1.54, 1.807) is 6.92 Å². The number of hydrogen-bond donors (Lipinski definition) is 2. The first-order valence-electron chi connectivity index (χ1n) is 6.83. The molecule has 0 spiro atoms. The van der Waals surface area contributed by atoms with Crippen molar-refractivity contribution < 1.29 is 22.7 Å². The van der Waals surface area contributed by atoms with E-state index in [9.17, 15) is 18.0 Å². The normalized spacial score (nSPS) is 11.0. The minimum atomic E-state index is -4.47. The van der Waals surface area contributed by atoms with E-state index in [-0.39, 0.29) is 23.1 Å². The van der Waals surface area contributed by atoms with Crippen LogP contribution in [-0.4, -0.2) is 17.7 Å². The highest BCUT2D eigenvalue weighted by molar-refractivity contribution is 6.33. The van der Waals surface area contributed by atoms with Gasteiger partial charge in [0.1, 0.15) is 5.82 Å². The topological polar surface area (TPSA) is 63.2 Å². The summed E-state index contributed by atoms with van der Waals surface area (Å²) in [6, 6.07) is 5.96. The molecule has 0 radical (unpaired) electrons. The number of alkyl halides is 3. The smallest absolute Gasteiger partial charge is 0.416 e. The Morgan fingerprint density at radius 2 is 2.04 bits per heavy atom. The molecule has 2 rings (SSSR count). The lowest BCUT2D eigenvalue weighted by molar-refractivity contribution is -0.137. The molecule has 1 amide bonds. The molecule has 9 heteroatoms.